The van der Waals surface area contributed by atoms with Crippen molar-refractivity contribution in [3.05, 3.63) is 41.6 Å². The van der Waals surface area contributed by atoms with Gasteiger partial charge in [0, 0.05) is 5.56 Å². The van der Waals surface area contributed by atoms with E-state index < -0.39 is 0 Å². The fraction of sp³-hybridized carbons (Fsp3) is 0.154. The fourth-order valence-corrected chi connectivity index (χ4v) is 1.78. The van der Waals surface area contributed by atoms with Crippen molar-refractivity contribution in [3.8, 4) is 5.75 Å². The topological polar surface area (TPSA) is 93.0 Å². The van der Waals surface area contributed by atoms with E-state index >= 15 is 0 Å². The number of H-pyrrole nitrogens is 1. The Morgan fingerprint density at radius 3 is 2.75 bits per heavy atom. The van der Waals surface area contributed by atoms with Crippen LogP contribution in [0.4, 0.5) is 5.82 Å². The highest BCUT2D eigenvalue weighted by molar-refractivity contribution is 7.80. The Morgan fingerprint density at radius 1 is 1.45 bits per heavy atom. The number of aromatic amines is 1. The SMILES string of the molecule is CCOc1ccc(C(=O)Nc2[nH]ncc2C(N)=S)cc1. The number of hydrogen-bond acceptors (Lipinski definition) is 4. The number of ether oxygens (including phenoxy) is 1. The Balaban J connectivity index is 2.11. The first-order valence-electron chi connectivity index (χ1n) is 5.99. The zero-order chi connectivity index (χ0) is 14.5. The van der Waals surface area contributed by atoms with Gasteiger partial charge in [-0.2, -0.15) is 5.10 Å². The van der Waals surface area contributed by atoms with Gasteiger partial charge in [-0.1, -0.05) is 12.2 Å². The Bertz CT molecular complexity index is 622. The Hall–Kier alpha value is -2.41. The first-order valence-corrected chi connectivity index (χ1v) is 6.40. The average molecular weight is 290 g/mol. The predicted octanol–water partition coefficient (Wildman–Crippen LogP) is 1.69. The van der Waals surface area contributed by atoms with Crippen molar-refractivity contribution in [1.29, 1.82) is 0 Å². The first-order chi connectivity index (χ1) is 9.61. The lowest BCUT2D eigenvalue weighted by molar-refractivity contribution is 0.102. The summed E-state index contributed by atoms with van der Waals surface area (Å²) in [5, 5.41) is 9.12. The van der Waals surface area contributed by atoms with Gasteiger partial charge in [0.25, 0.3) is 5.91 Å². The van der Waals surface area contributed by atoms with Crippen LogP contribution >= 0.6 is 12.2 Å². The van der Waals surface area contributed by atoms with E-state index in [0.29, 0.717) is 23.6 Å². The van der Waals surface area contributed by atoms with Crippen LogP contribution in [0.1, 0.15) is 22.8 Å². The van der Waals surface area contributed by atoms with E-state index in [9.17, 15) is 4.79 Å². The minimum Gasteiger partial charge on any atom is -0.494 e. The van der Waals surface area contributed by atoms with Crippen molar-refractivity contribution in [1.82, 2.24) is 10.2 Å². The average Bonchev–Trinajstić information content (AvgIpc) is 2.88. The number of aromatic nitrogens is 2. The van der Waals surface area contributed by atoms with Crippen LogP contribution in [0.3, 0.4) is 0 Å². The summed E-state index contributed by atoms with van der Waals surface area (Å²) in [7, 11) is 0. The molecule has 0 saturated heterocycles. The van der Waals surface area contributed by atoms with Crippen LogP contribution in [0.2, 0.25) is 0 Å². The molecule has 7 heteroatoms. The van der Waals surface area contributed by atoms with Gasteiger partial charge in [-0.3, -0.25) is 9.89 Å². The van der Waals surface area contributed by atoms with E-state index in [1.807, 2.05) is 6.92 Å². The number of nitrogens with zero attached hydrogens (tertiary/aromatic N) is 1. The summed E-state index contributed by atoms with van der Waals surface area (Å²) in [5.74, 6) is 0.820. The van der Waals surface area contributed by atoms with Gasteiger partial charge in [-0.05, 0) is 31.2 Å². The van der Waals surface area contributed by atoms with E-state index in [4.69, 9.17) is 22.7 Å². The largest absolute Gasteiger partial charge is 0.494 e. The van der Waals surface area contributed by atoms with Crippen molar-refractivity contribution in [3.63, 3.8) is 0 Å². The van der Waals surface area contributed by atoms with Gasteiger partial charge in [0.05, 0.1) is 18.4 Å². The molecule has 0 radical (unpaired) electrons. The normalized spacial score (nSPS) is 10.1. The molecule has 0 atom stereocenters. The van der Waals surface area contributed by atoms with Crippen molar-refractivity contribution < 1.29 is 9.53 Å². The number of nitrogens with one attached hydrogen (secondary N) is 2. The van der Waals surface area contributed by atoms with Crippen molar-refractivity contribution in [2.75, 3.05) is 11.9 Å². The molecule has 2 aromatic rings. The summed E-state index contributed by atoms with van der Waals surface area (Å²) in [6.07, 6.45) is 1.47. The second-order valence-corrected chi connectivity index (χ2v) is 4.37. The summed E-state index contributed by atoms with van der Waals surface area (Å²) in [6, 6.07) is 6.83. The lowest BCUT2D eigenvalue weighted by atomic mass is 10.2. The molecule has 104 valence electrons. The lowest BCUT2D eigenvalue weighted by Gasteiger charge is -2.06. The van der Waals surface area contributed by atoms with E-state index in [-0.39, 0.29) is 10.9 Å². The maximum atomic E-state index is 12.1. The van der Waals surface area contributed by atoms with Gasteiger partial charge in [0.15, 0.2) is 0 Å². The highest BCUT2D eigenvalue weighted by atomic mass is 32.1. The van der Waals surface area contributed by atoms with E-state index in [2.05, 4.69) is 15.5 Å². The summed E-state index contributed by atoms with van der Waals surface area (Å²) in [6.45, 7) is 2.48. The molecule has 0 unspecified atom stereocenters. The van der Waals surface area contributed by atoms with Gasteiger partial charge < -0.3 is 15.8 Å². The van der Waals surface area contributed by atoms with Gasteiger partial charge in [0.1, 0.15) is 16.6 Å². The summed E-state index contributed by atoms with van der Waals surface area (Å²) < 4.78 is 5.32. The summed E-state index contributed by atoms with van der Waals surface area (Å²) in [5.41, 5.74) is 6.53. The van der Waals surface area contributed by atoms with Crippen LogP contribution in [-0.2, 0) is 0 Å². The van der Waals surface area contributed by atoms with E-state index in [0.717, 1.165) is 5.75 Å². The molecule has 4 N–H and O–H groups in total. The fourth-order valence-electron chi connectivity index (χ4n) is 1.62. The number of nitrogens with two attached hydrogens (primary N) is 1. The highest BCUT2D eigenvalue weighted by Gasteiger charge is 2.12. The molecule has 1 amide bonds. The number of carbonyl (C=O) groups is 1. The first kappa shape index (κ1) is 14.0. The van der Waals surface area contributed by atoms with Crippen molar-refractivity contribution >= 4 is 28.9 Å². The number of thiocarbonyl (C=S) groups is 1. The Morgan fingerprint density at radius 2 is 2.15 bits per heavy atom. The summed E-state index contributed by atoms with van der Waals surface area (Å²) >= 11 is 4.87. The molecule has 1 aromatic heterocycles. The van der Waals surface area contributed by atoms with E-state index in [1.54, 1.807) is 24.3 Å². The third kappa shape index (κ3) is 3.12. The molecule has 2 rings (SSSR count). The van der Waals surface area contributed by atoms with Crippen LogP contribution < -0.4 is 15.8 Å². The quantitative estimate of drug-likeness (QED) is 0.729. The van der Waals surface area contributed by atoms with Gasteiger partial charge in [-0.15, -0.1) is 0 Å². The lowest BCUT2D eigenvalue weighted by Crippen LogP contribution is -2.16. The molecule has 0 aliphatic carbocycles. The number of benzene rings is 1. The van der Waals surface area contributed by atoms with E-state index in [1.165, 1.54) is 6.20 Å². The standard InChI is InChI=1S/C13H14N4O2S/c1-2-19-9-5-3-8(4-6-9)13(18)16-12-10(11(14)20)7-15-17-12/h3-7H,2H2,1H3,(H2,14,20)(H2,15,16,17,18). The third-order valence-electron chi connectivity index (χ3n) is 2.57. The maximum absolute atomic E-state index is 12.1. The van der Waals surface area contributed by atoms with Crippen molar-refractivity contribution in [2.24, 2.45) is 5.73 Å². The maximum Gasteiger partial charge on any atom is 0.256 e. The zero-order valence-corrected chi connectivity index (χ0v) is 11.7. The van der Waals surface area contributed by atoms with Gasteiger partial charge >= 0.3 is 0 Å². The van der Waals surface area contributed by atoms with Crippen LogP contribution in [0, 0.1) is 0 Å². The Kier molecular flexibility index (Phi) is 4.31. The number of carbonyl (C=O) groups excluding carboxylic acids is 1. The van der Waals surface area contributed by atoms with Crippen LogP contribution in [0.5, 0.6) is 5.75 Å². The molecule has 20 heavy (non-hydrogen) atoms. The van der Waals surface area contributed by atoms with Crippen molar-refractivity contribution in [2.45, 2.75) is 6.92 Å². The molecule has 0 fully saturated rings. The molecule has 1 heterocycles. The molecule has 1 aromatic carbocycles. The molecule has 0 aliphatic heterocycles. The van der Waals surface area contributed by atoms with Crippen LogP contribution in [0.25, 0.3) is 0 Å². The number of hydrogen-bond donors (Lipinski definition) is 3. The molecule has 0 spiro atoms. The zero-order valence-electron chi connectivity index (χ0n) is 10.8. The van der Waals surface area contributed by atoms with Crippen LogP contribution in [0.15, 0.2) is 30.5 Å². The predicted molar refractivity (Wildman–Crippen MR) is 80.0 cm³/mol. The minimum atomic E-state index is -0.283. The Labute approximate surface area is 121 Å². The molecular formula is C13H14N4O2S. The van der Waals surface area contributed by atoms with Crippen LogP contribution in [-0.4, -0.2) is 27.7 Å². The molecule has 0 bridgehead atoms. The minimum absolute atomic E-state index is 0.167. The van der Waals surface area contributed by atoms with Gasteiger partial charge in [0.2, 0.25) is 0 Å². The second kappa shape index (κ2) is 6.16. The summed E-state index contributed by atoms with van der Waals surface area (Å²) in [4.78, 5) is 12.2. The highest BCUT2D eigenvalue weighted by Crippen LogP contribution is 2.15. The number of anilines is 1. The second-order valence-electron chi connectivity index (χ2n) is 3.93. The number of amides is 1. The third-order valence-corrected chi connectivity index (χ3v) is 2.79. The van der Waals surface area contributed by atoms with Gasteiger partial charge in [-0.25, -0.2) is 0 Å². The molecule has 0 saturated carbocycles. The smallest absolute Gasteiger partial charge is 0.256 e. The molecule has 6 nitrogen and oxygen atoms in total. The molecule has 0 aliphatic rings. The number of rotatable bonds is 5. The monoisotopic (exact) mass is 290 g/mol. The molecular weight excluding hydrogens is 276 g/mol.